The molecule has 312 valence electrons. The number of ether oxygens (including phenoxy) is 2. The minimum atomic E-state index is -5.11. The number of aliphatic hydroxyl groups excluding tert-OH is 1. The number of hydrogen-bond acceptors (Lipinski definition) is 16. The van der Waals surface area contributed by atoms with E-state index in [0.29, 0.717) is 29.8 Å². The van der Waals surface area contributed by atoms with E-state index in [1.807, 2.05) is 33.9 Å². The molecule has 8 heterocycles. The highest BCUT2D eigenvalue weighted by Crippen LogP contribution is 2.55. The fourth-order valence-corrected chi connectivity index (χ4v) is 11.0. The Balaban J connectivity index is 1.15. The third kappa shape index (κ3) is 7.69. The molecule has 8 rings (SSSR count). The number of phosphoric acid groups is 1. The summed E-state index contributed by atoms with van der Waals surface area (Å²) in [5.74, 6) is 0.601. The number of nitrogens with zero attached hydrogens (tertiary/aromatic N) is 7. The van der Waals surface area contributed by atoms with Crippen LogP contribution in [0.1, 0.15) is 45.2 Å². The molecule has 0 saturated carbocycles. The lowest BCUT2D eigenvalue weighted by Gasteiger charge is -2.40. The topological polar surface area (TPSA) is 238 Å². The molecule has 4 aromatic rings. The quantitative estimate of drug-likeness (QED) is 0.161. The number of imidazole rings is 1. The summed E-state index contributed by atoms with van der Waals surface area (Å²) < 4.78 is 77.4. The molecular formula is C32H45FN8O12P2SSi. The van der Waals surface area contributed by atoms with E-state index in [-0.39, 0.29) is 29.4 Å². The van der Waals surface area contributed by atoms with Crippen LogP contribution in [0.2, 0.25) is 18.1 Å². The van der Waals surface area contributed by atoms with Crippen LogP contribution in [0.5, 0.6) is 0 Å². The molecule has 10 atom stereocenters. The number of hydrogen-bond donors (Lipinski definition) is 4. The van der Waals surface area contributed by atoms with Crippen LogP contribution in [0.15, 0.2) is 30.0 Å². The van der Waals surface area contributed by atoms with Crippen molar-refractivity contribution in [2.75, 3.05) is 31.7 Å². The third-order valence-electron chi connectivity index (χ3n) is 11.1. The lowest BCUT2D eigenvalue weighted by Crippen LogP contribution is -2.50. The highest BCUT2D eigenvalue weighted by molar-refractivity contribution is 8.07. The summed E-state index contributed by atoms with van der Waals surface area (Å²) in [7, 11) is -7.85. The number of aryl methyl sites for hydroxylation is 1. The number of alkyl halides is 1. The number of fused-ring (bicyclic) bond motifs is 4. The van der Waals surface area contributed by atoms with Crippen molar-refractivity contribution in [2.24, 2.45) is 0 Å². The van der Waals surface area contributed by atoms with Crippen LogP contribution in [-0.4, -0.2) is 120 Å². The summed E-state index contributed by atoms with van der Waals surface area (Å²) in [6, 6.07) is 0. The number of aromatic nitrogens is 7. The SMILES string of the molecule is CC(C)(C)[Si](C)(C)O[C@H]1[C@H]2OP(=O)(O)OC[C@H]3O[C@@H](n4cc5c6c(ncnc64)NCCC5)[C@H](F)[C@@H]3OP(O)(=S)OC[C@H]1O[C@H]2n1cnc2c(=O)n(CCO)cnc21. The molecule has 20 nitrogen and oxygen atoms in total. The largest absolute Gasteiger partial charge is 0.472 e. The first-order chi connectivity index (χ1) is 26.9. The first-order valence-electron chi connectivity index (χ1n) is 18.4. The number of anilines is 1. The highest BCUT2D eigenvalue weighted by atomic mass is 32.5. The third-order valence-corrected chi connectivity index (χ3v) is 18.2. The van der Waals surface area contributed by atoms with E-state index in [9.17, 15) is 24.3 Å². The van der Waals surface area contributed by atoms with Crippen LogP contribution in [0.25, 0.3) is 22.2 Å². The van der Waals surface area contributed by atoms with Gasteiger partial charge in [0.25, 0.3) is 5.56 Å². The second-order valence-electron chi connectivity index (χ2n) is 15.9. The molecule has 2 bridgehead atoms. The van der Waals surface area contributed by atoms with Crippen molar-refractivity contribution < 1.29 is 55.8 Å². The second kappa shape index (κ2) is 15.1. The molecule has 2 unspecified atom stereocenters. The number of halogens is 1. The van der Waals surface area contributed by atoms with Gasteiger partial charge in [0.05, 0.1) is 38.1 Å². The molecule has 3 saturated heterocycles. The maximum atomic E-state index is 16.7. The normalized spacial score (nSPS) is 34.0. The summed E-state index contributed by atoms with van der Waals surface area (Å²) in [5, 5.41) is 13.0. The van der Waals surface area contributed by atoms with Gasteiger partial charge in [-0.3, -0.25) is 27.5 Å². The van der Waals surface area contributed by atoms with Gasteiger partial charge in [0.1, 0.15) is 54.6 Å². The zero-order valence-corrected chi connectivity index (χ0v) is 35.3. The number of rotatable bonds is 6. The standard InChI is InChI=1S/C32H45FN8O12P2SSi/c1-32(2,3)57(4,5)53-24-19-13-48-55(46,56)52-23-18(49-30(21(23)33)40-11-17-7-6-8-34-26-20(17)27(40)36-14-35-26)12-47-54(44,45)51-25(24)31(50-19)41-16-37-22-28(41)38-15-39(9-10-42)29(22)43/h11,14-16,18-19,21,23-25,30-31,42H,6-10,12-13H2,1-5H3,(H,44,45)(H,46,56)(H,34,35,36)/t18-,19-,21-,23-,24-,25-,30-,31-,55?/m1/s1. The molecular weight excluding hydrogens is 829 g/mol. The van der Waals surface area contributed by atoms with Crippen LogP contribution in [0, 0.1) is 0 Å². The molecule has 57 heavy (non-hydrogen) atoms. The van der Waals surface area contributed by atoms with Crippen molar-refractivity contribution in [3.8, 4) is 0 Å². The van der Waals surface area contributed by atoms with Crippen molar-refractivity contribution in [3.63, 3.8) is 0 Å². The zero-order valence-electron chi connectivity index (χ0n) is 31.7. The van der Waals surface area contributed by atoms with Gasteiger partial charge in [0, 0.05) is 12.7 Å². The van der Waals surface area contributed by atoms with Gasteiger partial charge in [-0.05, 0) is 48.3 Å². The van der Waals surface area contributed by atoms with Crippen molar-refractivity contribution in [1.29, 1.82) is 0 Å². The van der Waals surface area contributed by atoms with Gasteiger partial charge in [0.15, 0.2) is 38.1 Å². The van der Waals surface area contributed by atoms with E-state index in [0.717, 1.165) is 12.0 Å². The van der Waals surface area contributed by atoms with E-state index in [2.05, 4.69) is 25.3 Å². The monoisotopic (exact) mass is 874 g/mol. The van der Waals surface area contributed by atoms with E-state index in [4.69, 9.17) is 43.8 Å². The van der Waals surface area contributed by atoms with Gasteiger partial charge < -0.3 is 43.2 Å². The van der Waals surface area contributed by atoms with Crippen LogP contribution in [0.4, 0.5) is 10.2 Å². The van der Waals surface area contributed by atoms with Gasteiger partial charge >= 0.3 is 14.5 Å². The van der Waals surface area contributed by atoms with E-state index >= 15 is 4.39 Å². The molecule has 0 spiro atoms. The molecule has 0 aromatic carbocycles. The first kappa shape index (κ1) is 41.1. The van der Waals surface area contributed by atoms with Gasteiger partial charge in [-0.15, -0.1) is 0 Å². The predicted octanol–water partition coefficient (Wildman–Crippen LogP) is 3.05. The summed E-state index contributed by atoms with van der Waals surface area (Å²) in [6.07, 6.45) is -4.38. The summed E-state index contributed by atoms with van der Waals surface area (Å²) >= 11 is 5.44. The number of phosphoric ester groups is 1. The molecule has 0 radical (unpaired) electrons. The summed E-state index contributed by atoms with van der Waals surface area (Å²) in [5.41, 5.74) is 0.712. The fraction of sp³-hybridized carbons (Fsp3) is 0.656. The highest BCUT2D eigenvalue weighted by Gasteiger charge is 2.56. The van der Waals surface area contributed by atoms with Crippen LogP contribution >= 0.6 is 14.5 Å². The van der Waals surface area contributed by atoms with E-state index in [1.54, 1.807) is 6.20 Å². The molecule has 0 aliphatic carbocycles. The van der Waals surface area contributed by atoms with Gasteiger partial charge in [-0.1, -0.05) is 20.8 Å². The average Bonchev–Trinajstić information content (AvgIpc) is 3.85. The predicted molar refractivity (Wildman–Crippen MR) is 206 cm³/mol. The maximum Gasteiger partial charge on any atom is 0.472 e. The molecule has 4 aromatic heterocycles. The summed E-state index contributed by atoms with van der Waals surface area (Å²) in [4.78, 5) is 53.4. The Hall–Kier alpha value is -2.60. The minimum absolute atomic E-state index is 0.0202. The molecule has 4 aliphatic rings. The van der Waals surface area contributed by atoms with Crippen molar-refractivity contribution in [1.82, 2.24) is 33.6 Å². The van der Waals surface area contributed by atoms with Gasteiger partial charge in [0.2, 0.25) is 0 Å². The van der Waals surface area contributed by atoms with Crippen molar-refractivity contribution in [2.45, 2.75) is 107 Å². The lowest BCUT2D eigenvalue weighted by molar-refractivity contribution is -0.0641. The summed E-state index contributed by atoms with van der Waals surface area (Å²) in [6.45, 7) is 4.72. The van der Waals surface area contributed by atoms with Crippen LogP contribution in [0.3, 0.4) is 0 Å². The van der Waals surface area contributed by atoms with Crippen LogP contribution < -0.4 is 10.9 Å². The molecule has 4 aliphatic heterocycles. The second-order valence-corrected chi connectivity index (χ2v) is 24.8. The Morgan fingerprint density at radius 1 is 1.02 bits per heavy atom. The van der Waals surface area contributed by atoms with Gasteiger partial charge in [-0.2, -0.15) is 0 Å². The fourth-order valence-electron chi connectivity index (χ4n) is 7.28. The Morgan fingerprint density at radius 3 is 2.53 bits per heavy atom. The Labute approximate surface area is 331 Å². The van der Waals surface area contributed by atoms with Crippen molar-refractivity contribution in [3.05, 3.63) is 41.1 Å². The van der Waals surface area contributed by atoms with E-state index in [1.165, 1.54) is 32.7 Å². The lowest BCUT2D eigenvalue weighted by atomic mass is 10.1. The Kier molecular flexibility index (Phi) is 10.9. The van der Waals surface area contributed by atoms with Crippen molar-refractivity contribution >= 4 is 62.7 Å². The smallest absolute Gasteiger partial charge is 0.408 e. The maximum absolute atomic E-state index is 16.7. The van der Waals surface area contributed by atoms with Crippen LogP contribution in [-0.2, 0) is 61.3 Å². The molecule has 0 amide bonds. The van der Waals surface area contributed by atoms with E-state index < -0.39 is 90.8 Å². The first-order valence-corrected chi connectivity index (χ1v) is 25.4. The molecule has 4 N–H and O–H groups in total. The zero-order chi connectivity index (χ0) is 40.7. The average molecular weight is 875 g/mol. The number of aliphatic hydroxyl groups is 1. The molecule has 25 heteroatoms. The Morgan fingerprint density at radius 2 is 1.77 bits per heavy atom. The molecule has 3 fully saturated rings. The Bertz CT molecular complexity index is 2330. The minimum Gasteiger partial charge on any atom is -0.408 e. The van der Waals surface area contributed by atoms with Gasteiger partial charge in [-0.25, -0.2) is 28.9 Å². The number of nitrogens with one attached hydrogen (secondary N) is 1.